The molecule has 0 spiro atoms. The number of carbonyl (C=O) groups is 1. The van der Waals surface area contributed by atoms with Crippen molar-refractivity contribution in [1.29, 1.82) is 0 Å². The van der Waals surface area contributed by atoms with E-state index in [4.69, 9.17) is 9.99 Å². The Kier molecular flexibility index (Phi) is 5.66. The highest BCUT2D eigenvalue weighted by molar-refractivity contribution is 5.78. The fraction of sp³-hybridized carbons (Fsp3) is 0.889. The van der Waals surface area contributed by atoms with Gasteiger partial charge in [0, 0.05) is 0 Å². The van der Waals surface area contributed by atoms with Crippen molar-refractivity contribution in [3.05, 3.63) is 0 Å². The number of rotatable bonds is 6. The van der Waals surface area contributed by atoms with E-state index in [1.807, 2.05) is 6.92 Å². The second-order valence-corrected chi connectivity index (χ2v) is 3.15. The lowest BCUT2D eigenvalue weighted by Crippen LogP contribution is -2.39. The molecule has 78 valence electrons. The molecule has 0 heterocycles. The summed E-state index contributed by atoms with van der Waals surface area (Å²) in [4.78, 5) is 15.5. The first kappa shape index (κ1) is 12.4. The number of hydrogen-bond acceptors (Lipinski definition) is 4. The molecule has 0 aliphatic rings. The fourth-order valence-electron chi connectivity index (χ4n) is 0.983. The van der Waals surface area contributed by atoms with Crippen LogP contribution in [0, 0.1) is 0 Å². The summed E-state index contributed by atoms with van der Waals surface area (Å²) in [7, 11) is 0. The molecule has 0 bridgehead atoms. The molecule has 0 fully saturated rings. The van der Waals surface area contributed by atoms with Crippen molar-refractivity contribution >= 4 is 5.97 Å². The standard InChI is InChI=1S/C9H18O4/c1-4-6-7-9(3,13-11)8(10)12-5-2/h11H,4-7H2,1-3H3. The Bertz CT molecular complexity index is 158. The van der Waals surface area contributed by atoms with E-state index in [0.717, 1.165) is 12.8 Å². The van der Waals surface area contributed by atoms with Crippen molar-refractivity contribution < 1.29 is 19.7 Å². The Labute approximate surface area is 78.8 Å². The molecule has 1 atom stereocenters. The van der Waals surface area contributed by atoms with Crippen LogP contribution in [0.1, 0.15) is 40.0 Å². The molecule has 0 aliphatic carbocycles. The summed E-state index contributed by atoms with van der Waals surface area (Å²) in [6, 6.07) is 0. The third-order valence-electron chi connectivity index (χ3n) is 1.92. The predicted molar refractivity (Wildman–Crippen MR) is 48.3 cm³/mol. The highest BCUT2D eigenvalue weighted by Gasteiger charge is 2.35. The van der Waals surface area contributed by atoms with Crippen LogP contribution >= 0.6 is 0 Å². The minimum absolute atomic E-state index is 0.296. The van der Waals surface area contributed by atoms with Crippen LogP contribution in [-0.2, 0) is 14.4 Å². The van der Waals surface area contributed by atoms with Gasteiger partial charge in [-0.05, 0) is 20.3 Å². The van der Waals surface area contributed by atoms with Crippen LogP contribution in [-0.4, -0.2) is 23.4 Å². The number of hydrogen-bond donors (Lipinski definition) is 1. The first-order valence-corrected chi connectivity index (χ1v) is 4.60. The molecular formula is C9H18O4. The molecule has 13 heavy (non-hydrogen) atoms. The zero-order valence-electron chi connectivity index (χ0n) is 8.50. The summed E-state index contributed by atoms with van der Waals surface area (Å²) in [5.74, 6) is -0.508. The van der Waals surface area contributed by atoms with Gasteiger partial charge in [0.2, 0.25) is 0 Å². The quantitative estimate of drug-likeness (QED) is 0.395. The molecule has 0 saturated carbocycles. The van der Waals surface area contributed by atoms with Crippen LogP contribution in [0.25, 0.3) is 0 Å². The Morgan fingerprint density at radius 1 is 1.46 bits per heavy atom. The van der Waals surface area contributed by atoms with Gasteiger partial charge < -0.3 is 4.74 Å². The minimum atomic E-state index is -1.20. The molecule has 0 aromatic rings. The molecule has 0 amide bonds. The highest BCUT2D eigenvalue weighted by atomic mass is 17.1. The monoisotopic (exact) mass is 190 g/mol. The predicted octanol–water partition coefficient (Wildman–Crippen LogP) is 1.99. The summed E-state index contributed by atoms with van der Waals surface area (Å²) in [5, 5.41) is 8.61. The third kappa shape index (κ3) is 3.74. The van der Waals surface area contributed by atoms with Crippen LogP contribution in [0.15, 0.2) is 0 Å². The summed E-state index contributed by atoms with van der Waals surface area (Å²) >= 11 is 0. The third-order valence-corrected chi connectivity index (χ3v) is 1.92. The van der Waals surface area contributed by atoms with Gasteiger partial charge in [-0.3, -0.25) is 5.26 Å². The van der Waals surface area contributed by atoms with Crippen molar-refractivity contribution in [2.45, 2.75) is 45.6 Å². The Balaban J connectivity index is 4.16. The lowest BCUT2D eigenvalue weighted by Gasteiger charge is -2.22. The highest BCUT2D eigenvalue weighted by Crippen LogP contribution is 2.19. The molecule has 1 unspecified atom stereocenters. The molecule has 0 aliphatic heterocycles. The van der Waals surface area contributed by atoms with Crippen molar-refractivity contribution in [1.82, 2.24) is 0 Å². The first-order valence-electron chi connectivity index (χ1n) is 4.60. The van der Waals surface area contributed by atoms with Crippen molar-refractivity contribution in [3.63, 3.8) is 0 Å². The lowest BCUT2D eigenvalue weighted by atomic mass is 9.99. The van der Waals surface area contributed by atoms with Gasteiger partial charge in [0.25, 0.3) is 0 Å². The van der Waals surface area contributed by atoms with Gasteiger partial charge in [-0.15, -0.1) is 0 Å². The molecule has 0 rings (SSSR count). The van der Waals surface area contributed by atoms with Gasteiger partial charge in [0.1, 0.15) is 0 Å². The van der Waals surface area contributed by atoms with E-state index in [1.54, 1.807) is 6.92 Å². The summed E-state index contributed by atoms with van der Waals surface area (Å²) < 4.78 is 4.77. The maximum Gasteiger partial charge on any atom is 0.341 e. The number of unbranched alkanes of at least 4 members (excludes halogenated alkanes) is 1. The minimum Gasteiger partial charge on any atom is -0.464 e. The van der Waals surface area contributed by atoms with Crippen LogP contribution in [0.5, 0.6) is 0 Å². The van der Waals surface area contributed by atoms with Gasteiger partial charge in [-0.1, -0.05) is 19.8 Å². The lowest BCUT2D eigenvalue weighted by molar-refractivity contribution is -0.315. The van der Waals surface area contributed by atoms with Crippen LogP contribution in [0.4, 0.5) is 0 Å². The smallest absolute Gasteiger partial charge is 0.341 e. The van der Waals surface area contributed by atoms with E-state index in [2.05, 4.69) is 4.89 Å². The van der Waals surface area contributed by atoms with Crippen LogP contribution < -0.4 is 0 Å². The van der Waals surface area contributed by atoms with Gasteiger partial charge in [-0.25, -0.2) is 9.68 Å². The Morgan fingerprint density at radius 3 is 2.46 bits per heavy atom. The molecule has 1 N–H and O–H groups in total. The molecule has 4 heteroatoms. The summed E-state index contributed by atoms with van der Waals surface area (Å²) in [5.41, 5.74) is -1.20. The summed E-state index contributed by atoms with van der Waals surface area (Å²) in [6.07, 6.45) is 2.23. The largest absolute Gasteiger partial charge is 0.464 e. The van der Waals surface area contributed by atoms with E-state index < -0.39 is 11.6 Å². The Hall–Kier alpha value is -0.610. The zero-order chi connectivity index (χ0) is 10.3. The second kappa shape index (κ2) is 5.94. The maximum absolute atomic E-state index is 11.3. The van der Waals surface area contributed by atoms with Crippen LogP contribution in [0.2, 0.25) is 0 Å². The number of ether oxygens (including phenoxy) is 1. The molecule has 0 saturated heterocycles. The SMILES string of the molecule is CCCCC(C)(OO)C(=O)OCC. The average Bonchev–Trinajstić information content (AvgIpc) is 2.14. The Morgan fingerprint density at radius 2 is 2.08 bits per heavy atom. The summed E-state index contributed by atoms with van der Waals surface area (Å²) in [6.45, 7) is 5.54. The average molecular weight is 190 g/mol. The van der Waals surface area contributed by atoms with E-state index in [0.29, 0.717) is 13.0 Å². The molecule has 0 aromatic carbocycles. The van der Waals surface area contributed by atoms with E-state index >= 15 is 0 Å². The molecule has 4 nitrogen and oxygen atoms in total. The van der Waals surface area contributed by atoms with Crippen LogP contribution in [0.3, 0.4) is 0 Å². The van der Waals surface area contributed by atoms with E-state index in [-0.39, 0.29) is 0 Å². The number of esters is 1. The van der Waals surface area contributed by atoms with Gasteiger partial charge in [-0.2, -0.15) is 0 Å². The maximum atomic E-state index is 11.3. The fourth-order valence-corrected chi connectivity index (χ4v) is 0.983. The van der Waals surface area contributed by atoms with Gasteiger partial charge >= 0.3 is 5.97 Å². The first-order chi connectivity index (χ1) is 6.10. The van der Waals surface area contributed by atoms with Gasteiger partial charge in [0.15, 0.2) is 5.60 Å². The van der Waals surface area contributed by atoms with E-state index in [1.165, 1.54) is 6.92 Å². The normalized spacial score (nSPS) is 15.1. The van der Waals surface area contributed by atoms with Gasteiger partial charge in [0.05, 0.1) is 6.61 Å². The van der Waals surface area contributed by atoms with Crippen molar-refractivity contribution in [2.75, 3.05) is 6.61 Å². The molecular weight excluding hydrogens is 172 g/mol. The second-order valence-electron chi connectivity index (χ2n) is 3.15. The van der Waals surface area contributed by atoms with Crippen molar-refractivity contribution in [3.8, 4) is 0 Å². The number of carbonyl (C=O) groups excluding carboxylic acids is 1. The van der Waals surface area contributed by atoms with E-state index in [9.17, 15) is 4.79 Å². The zero-order valence-corrected chi connectivity index (χ0v) is 8.50. The molecule has 0 radical (unpaired) electrons. The molecule has 0 aromatic heterocycles. The topological polar surface area (TPSA) is 55.8 Å². The van der Waals surface area contributed by atoms with Crippen molar-refractivity contribution in [2.24, 2.45) is 0 Å².